The first-order chi connectivity index (χ1) is 51.3. The molecule has 6 aliphatic heterocycles. The lowest BCUT2D eigenvalue weighted by molar-refractivity contribution is -0.140. The molecule has 23 nitrogen and oxygen atoms in total. The smallest absolute Gasteiger partial charge is 0.342 e. The van der Waals surface area contributed by atoms with Crippen molar-refractivity contribution in [3.05, 3.63) is 130 Å². The fourth-order valence-corrected chi connectivity index (χ4v) is 23.1. The van der Waals surface area contributed by atoms with Crippen LogP contribution in [0.1, 0.15) is 226 Å². The average Bonchev–Trinajstić information content (AvgIpc) is 1.52. The molecule has 3 N–H and O–H groups in total. The van der Waals surface area contributed by atoms with Crippen molar-refractivity contribution >= 4 is 52.6 Å². The van der Waals surface area contributed by atoms with Gasteiger partial charge in [-0.3, -0.25) is 33.4 Å². The van der Waals surface area contributed by atoms with E-state index in [0.717, 1.165) is 109 Å². The van der Waals surface area contributed by atoms with Crippen molar-refractivity contribution in [2.24, 2.45) is 72.9 Å². The molecule has 0 spiro atoms. The van der Waals surface area contributed by atoms with Crippen LogP contribution in [0, 0.1) is 63.4 Å². The molecule has 18 rings (SSSR count). The summed E-state index contributed by atoms with van der Waals surface area (Å²) in [5, 5.41) is 23.6. The maximum absolute atomic E-state index is 17.3. The summed E-state index contributed by atoms with van der Waals surface area (Å²) in [6.45, 7) is 8.80. The number of pyridine rings is 2. The Morgan fingerprint density at radius 1 is 0.505 bits per heavy atom. The number of likely N-dealkylation sites (N-methyl/N-ethyl adjacent to an activating group) is 3. The van der Waals surface area contributed by atoms with Crippen molar-refractivity contribution < 1.29 is 51.8 Å². The molecule has 25 heteroatoms. The van der Waals surface area contributed by atoms with Crippen LogP contribution in [-0.2, 0) is 49.7 Å². The lowest BCUT2D eigenvalue weighted by Gasteiger charge is -2.49. The Kier molecular flexibility index (Phi) is 17.0. The zero-order chi connectivity index (χ0) is 74.3. The van der Waals surface area contributed by atoms with E-state index in [1.54, 1.807) is 56.4 Å². The zero-order valence-electron chi connectivity index (χ0n) is 63.1. The van der Waals surface area contributed by atoms with Gasteiger partial charge in [-0.1, -0.05) is 78.6 Å². The molecule has 12 aliphatic rings. The van der Waals surface area contributed by atoms with Crippen LogP contribution >= 0.6 is 0 Å². The van der Waals surface area contributed by atoms with Gasteiger partial charge >= 0.3 is 17.7 Å². The second-order valence-electron chi connectivity index (χ2n) is 35.7. The molecule has 15 unspecified atom stereocenters. The summed E-state index contributed by atoms with van der Waals surface area (Å²) in [4.78, 5) is 99.4. The summed E-state index contributed by atoms with van der Waals surface area (Å²) >= 11 is 0. The van der Waals surface area contributed by atoms with Gasteiger partial charge in [0.05, 0.1) is 44.4 Å². The van der Waals surface area contributed by atoms with Crippen molar-refractivity contribution in [2.75, 3.05) is 47.6 Å². The van der Waals surface area contributed by atoms with Gasteiger partial charge in [0.2, 0.25) is 5.82 Å². The molecule has 0 bridgehead atoms. The highest BCUT2D eigenvalue weighted by Gasteiger charge is 2.79. The summed E-state index contributed by atoms with van der Waals surface area (Å²) in [6, 6.07) is 13.3. The summed E-state index contributed by atoms with van der Waals surface area (Å²) < 4.78 is 56.9. The Balaban J connectivity index is 0.547. The molecule has 11 heterocycles. The highest BCUT2D eigenvalue weighted by Crippen LogP contribution is 2.69. The number of halogens is 2. The quantitative estimate of drug-likeness (QED) is 0.0719. The highest BCUT2D eigenvalue weighted by molar-refractivity contribution is 6.03. The fraction of sp³-hybridized carbons (Fsp3) is 0.622. The van der Waals surface area contributed by atoms with E-state index in [-0.39, 0.29) is 131 Å². The summed E-state index contributed by atoms with van der Waals surface area (Å²) in [5.74, 6) is -1.47. The summed E-state index contributed by atoms with van der Waals surface area (Å²) in [5.41, 5.74) is 4.09. The molecule has 6 amide bonds. The molecule has 6 saturated carbocycles. The van der Waals surface area contributed by atoms with Crippen LogP contribution in [0.15, 0.2) is 73.2 Å². The third-order valence-corrected chi connectivity index (χ3v) is 30.2. The number of quaternary nitrogens is 3. The van der Waals surface area contributed by atoms with Crippen LogP contribution in [0.4, 0.5) is 26.0 Å². The number of nitrogens with zero attached hydrogens (tertiary/aromatic N) is 11. The van der Waals surface area contributed by atoms with Gasteiger partial charge in [-0.15, -0.1) is 0 Å². The third kappa shape index (κ3) is 11.0. The maximum atomic E-state index is 17.3. The van der Waals surface area contributed by atoms with Crippen molar-refractivity contribution in [1.82, 2.24) is 68.7 Å². The molecular formula is C82H103F2N14O9+3. The number of ether oxygens (including phenoxy) is 3. The van der Waals surface area contributed by atoms with Crippen LogP contribution in [0.5, 0.6) is 0 Å². The first kappa shape index (κ1) is 70.8. The first-order valence-corrected chi connectivity index (χ1v) is 39.7. The number of aromatic nitrogens is 8. The molecule has 12 fully saturated rings. The topological polar surface area (TPSA) is 245 Å². The molecule has 1 aromatic carbocycles. The van der Waals surface area contributed by atoms with E-state index >= 15 is 23.2 Å². The van der Waals surface area contributed by atoms with Gasteiger partial charge < -0.3 is 30.2 Å². The van der Waals surface area contributed by atoms with Crippen LogP contribution in [0.3, 0.4) is 0 Å². The van der Waals surface area contributed by atoms with Crippen LogP contribution in [-0.4, -0.2) is 159 Å². The van der Waals surface area contributed by atoms with Crippen molar-refractivity contribution in [3.8, 4) is 0 Å². The van der Waals surface area contributed by atoms with E-state index in [0.29, 0.717) is 95.6 Å². The molecule has 0 radical (unpaired) electrons. The minimum atomic E-state index is -0.890. The van der Waals surface area contributed by atoms with Gasteiger partial charge in [0.1, 0.15) is 77.0 Å². The van der Waals surface area contributed by atoms with Gasteiger partial charge in [-0.05, 0) is 110 Å². The lowest BCUT2D eigenvalue weighted by atomic mass is 9.64. The van der Waals surface area contributed by atoms with Crippen LogP contribution in [0.25, 0.3) is 0 Å². The number of carbonyl (C=O) groups is 6. The van der Waals surface area contributed by atoms with Gasteiger partial charge in [0.25, 0.3) is 17.7 Å². The average molecular weight is 1470 g/mol. The van der Waals surface area contributed by atoms with Crippen molar-refractivity contribution in [3.63, 3.8) is 0 Å². The number of aryl methyl sites for hydroxylation is 3. The van der Waals surface area contributed by atoms with Crippen molar-refractivity contribution in [2.45, 2.75) is 203 Å². The number of likely N-dealkylation sites (tertiary alicyclic amines) is 3. The Morgan fingerprint density at radius 3 is 1.44 bits per heavy atom. The number of rotatable bonds is 17. The van der Waals surface area contributed by atoms with E-state index in [4.69, 9.17) is 34.4 Å². The van der Waals surface area contributed by atoms with E-state index in [9.17, 15) is 14.4 Å². The number of fused-ring (bicyclic) bond motifs is 3. The van der Waals surface area contributed by atoms with E-state index in [1.165, 1.54) is 21.5 Å². The second-order valence-corrected chi connectivity index (χ2v) is 35.7. The summed E-state index contributed by atoms with van der Waals surface area (Å²) in [7, 11) is 10.8. The van der Waals surface area contributed by atoms with Gasteiger partial charge in [-0.2, -0.15) is 15.3 Å². The highest BCUT2D eigenvalue weighted by atomic mass is 19.1. The molecule has 6 aliphatic carbocycles. The minimum absolute atomic E-state index is 0.00998. The fourth-order valence-electron chi connectivity index (χ4n) is 23.1. The minimum Gasteiger partial charge on any atom is -0.381 e. The van der Waals surface area contributed by atoms with Crippen LogP contribution < -0.4 is 29.4 Å². The Labute approximate surface area is 623 Å². The van der Waals surface area contributed by atoms with E-state index in [1.807, 2.05) is 45.5 Å². The number of hydrogen-bond donors (Lipinski definition) is 3. The zero-order valence-corrected chi connectivity index (χ0v) is 63.1. The molecule has 5 aromatic heterocycles. The number of piperidine rings is 3. The lowest BCUT2D eigenvalue weighted by Crippen LogP contribution is -2.70. The summed E-state index contributed by atoms with van der Waals surface area (Å²) in [6.07, 6.45) is 19.2. The third-order valence-electron chi connectivity index (χ3n) is 30.2. The van der Waals surface area contributed by atoms with E-state index in [2.05, 4.69) is 47.9 Å². The maximum Gasteiger partial charge on any atom is 0.342 e. The number of benzene rings is 1. The Hall–Kier alpha value is -7.81. The SMILES string of the molecule is Cn1nccc1C(=O)N[C@@H]1C(=O)[N+](C)(c2cnc(C3CCOC(c4cc(C(=O)N[C@@H]5C(=O)[N+](C)(c6ccc(C7CCOC(c8cc(C(=O)N[C@@H]9C(=O)[N+](C)(c%10ccc(C%11CCOCC%11)cn%10)C%10C[C@]%10(C)C9C9CCC9)n(C)n8)C7)c(F)c6)C6CC6(C)C5C5CCC5)n(C)n4)C3)c(F)c2)C2CC2(C)C1C1CCC1. The molecule has 6 saturated heterocycles. The molecule has 19 atom stereocenters. The molecule has 566 valence electrons. The normalized spacial score (nSPS) is 37.6. The largest absolute Gasteiger partial charge is 0.381 e. The molecule has 6 aromatic rings. The number of hydrogen-bond acceptors (Lipinski definition) is 14. The molecule has 107 heavy (non-hydrogen) atoms. The first-order valence-electron chi connectivity index (χ1n) is 39.7. The van der Waals surface area contributed by atoms with E-state index < -0.39 is 47.9 Å². The predicted octanol–water partition coefficient (Wildman–Crippen LogP) is 10.5. The number of carbonyl (C=O) groups excluding carboxylic acids is 6. The number of amides is 6. The van der Waals surface area contributed by atoms with Crippen LogP contribution in [0.2, 0.25) is 0 Å². The predicted molar refractivity (Wildman–Crippen MR) is 393 cm³/mol. The monoisotopic (exact) mass is 1470 g/mol. The number of nitrogens with one attached hydrogen (secondary N) is 3. The van der Waals surface area contributed by atoms with Gasteiger partial charge in [0, 0.05) is 143 Å². The second kappa shape index (κ2) is 25.6. The van der Waals surface area contributed by atoms with Gasteiger partial charge in [0.15, 0.2) is 11.5 Å². The van der Waals surface area contributed by atoms with Crippen molar-refractivity contribution in [1.29, 1.82) is 0 Å². The van der Waals surface area contributed by atoms with Gasteiger partial charge in [-0.25, -0.2) is 41.6 Å². The standard InChI is InChI=1S/C82H100F2N14O9/c1-80-39-63(80)96(7,51-20-21-53(54(83)35-51)48-26-31-106-61(33-48)56-37-59(94(5)91-56)76(101)90-73-69(47-17-12-18-47)82(3)41-65(82)98(9,79(73)104)66-22-19-50(42-85-66)44-24-29-105-30-25-44)77(102)71(67(80)45-13-10-14-45)89-75(100)60-38-57(92-95(60)6)62-34-49(27-32-107-62)70-55(84)36-52(43-86-70)97(8)64-40-81(64,2)68(46-15-11-16-46)72(78(97)103)88-74(99)58-23-28-87-93(58)4/h19-23,28,35-38,42-49,61-65,67-69,71-73H,10-18,24-27,29-34,39-41H2,1-9H3/p+3/t48?,49?,61?,62?,63?,64?,65?,67?,68?,69?,71-,72-,73-,80?,81?,82-,96?,97?,98?/m0/s1. The Morgan fingerprint density at radius 2 is 0.972 bits per heavy atom. The Bertz CT molecular complexity index is 4620. The molecular weight excluding hydrogens is 1360 g/mol.